The first-order valence-corrected chi connectivity index (χ1v) is 5.04. The molecule has 0 bridgehead atoms. The molecule has 0 unspecified atom stereocenters. The average molecular weight is 188 g/mol. The first kappa shape index (κ1) is 12.4. The second-order valence-electron chi connectivity index (χ2n) is 2.89. The van der Waals surface area contributed by atoms with Gasteiger partial charge in [-0.1, -0.05) is 13.8 Å². The summed E-state index contributed by atoms with van der Waals surface area (Å²) in [6.07, 6.45) is 3.39. The number of carbonyl (C=O) groups excluding carboxylic acids is 1. The van der Waals surface area contributed by atoms with Crippen molar-refractivity contribution in [2.75, 3.05) is 19.8 Å². The fourth-order valence-electron chi connectivity index (χ4n) is 0.841. The summed E-state index contributed by atoms with van der Waals surface area (Å²) in [5.41, 5.74) is 0. The summed E-state index contributed by atoms with van der Waals surface area (Å²) < 4.78 is 10.2. The summed E-state index contributed by atoms with van der Waals surface area (Å²) in [6.45, 7) is 6.02. The highest BCUT2D eigenvalue weighted by molar-refractivity contribution is 5.68. The van der Waals surface area contributed by atoms with E-state index < -0.39 is 0 Å². The van der Waals surface area contributed by atoms with Crippen molar-refractivity contribution in [3.63, 3.8) is 0 Å². The molecular formula is C10H20O3. The predicted octanol–water partition coefficient (Wildman–Crippen LogP) is 2.15. The maximum Gasteiger partial charge on any atom is 0.305 e. The Bertz CT molecular complexity index is 123. The Balaban J connectivity index is 2.95. The van der Waals surface area contributed by atoms with Gasteiger partial charge < -0.3 is 9.47 Å². The maximum atomic E-state index is 10.7. The molecule has 0 aromatic rings. The van der Waals surface area contributed by atoms with Crippen LogP contribution in [0.2, 0.25) is 0 Å². The van der Waals surface area contributed by atoms with E-state index in [4.69, 9.17) is 9.47 Å². The summed E-state index contributed by atoms with van der Waals surface area (Å²) in [4.78, 5) is 10.7. The van der Waals surface area contributed by atoms with Crippen molar-refractivity contribution in [1.29, 1.82) is 0 Å². The molecule has 0 fully saturated rings. The van der Waals surface area contributed by atoms with Crippen LogP contribution in [0.3, 0.4) is 0 Å². The van der Waals surface area contributed by atoms with Crippen molar-refractivity contribution in [3.05, 3.63) is 0 Å². The number of carbonyl (C=O) groups is 1. The van der Waals surface area contributed by atoms with Gasteiger partial charge in [-0.2, -0.15) is 0 Å². The van der Waals surface area contributed by atoms with Crippen LogP contribution in [-0.4, -0.2) is 25.8 Å². The molecule has 0 aliphatic rings. The zero-order valence-electron chi connectivity index (χ0n) is 8.67. The van der Waals surface area contributed by atoms with Gasteiger partial charge >= 0.3 is 5.97 Å². The number of ether oxygens (including phenoxy) is 2. The van der Waals surface area contributed by atoms with Crippen LogP contribution in [0, 0.1) is 0 Å². The van der Waals surface area contributed by atoms with Crippen molar-refractivity contribution in [2.24, 2.45) is 0 Å². The largest absolute Gasteiger partial charge is 0.466 e. The Kier molecular flexibility index (Phi) is 9.10. The normalized spacial score (nSPS) is 10.0. The molecule has 0 aromatic carbocycles. The van der Waals surface area contributed by atoms with Crippen molar-refractivity contribution in [2.45, 2.75) is 39.5 Å². The topological polar surface area (TPSA) is 35.5 Å². The lowest BCUT2D eigenvalue weighted by atomic mass is 10.3. The fraction of sp³-hybridized carbons (Fsp3) is 0.900. The second-order valence-corrected chi connectivity index (χ2v) is 2.89. The number of esters is 1. The summed E-state index contributed by atoms with van der Waals surface area (Å²) in [5, 5.41) is 0. The van der Waals surface area contributed by atoms with Gasteiger partial charge in [0.1, 0.15) is 0 Å². The molecule has 0 rings (SSSR count). The van der Waals surface area contributed by atoms with Gasteiger partial charge in [-0.05, 0) is 19.3 Å². The number of hydrogen-bond donors (Lipinski definition) is 0. The average Bonchev–Trinajstić information content (AvgIpc) is 2.16. The number of rotatable bonds is 8. The molecule has 0 saturated carbocycles. The summed E-state index contributed by atoms with van der Waals surface area (Å²) >= 11 is 0. The quantitative estimate of drug-likeness (QED) is 0.432. The third kappa shape index (κ3) is 9.34. The minimum absolute atomic E-state index is 0.116. The van der Waals surface area contributed by atoms with E-state index in [1.807, 2.05) is 0 Å². The molecule has 0 spiro atoms. The standard InChI is InChI=1S/C10H20O3/c1-3-7-12-8-5-6-9-13-10(11)4-2/h3-9H2,1-2H3. The molecule has 0 aromatic heterocycles. The van der Waals surface area contributed by atoms with E-state index in [2.05, 4.69) is 6.92 Å². The second kappa shape index (κ2) is 9.52. The zero-order valence-corrected chi connectivity index (χ0v) is 8.67. The molecule has 0 saturated heterocycles. The van der Waals surface area contributed by atoms with Crippen LogP contribution in [0.15, 0.2) is 0 Å². The monoisotopic (exact) mass is 188 g/mol. The Morgan fingerprint density at radius 2 is 1.77 bits per heavy atom. The van der Waals surface area contributed by atoms with E-state index >= 15 is 0 Å². The lowest BCUT2D eigenvalue weighted by Crippen LogP contribution is -2.05. The first-order chi connectivity index (χ1) is 6.31. The number of hydrogen-bond acceptors (Lipinski definition) is 3. The molecule has 3 nitrogen and oxygen atoms in total. The van der Waals surface area contributed by atoms with E-state index in [1.165, 1.54) is 0 Å². The van der Waals surface area contributed by atoms with E-state index in [0.717, 1.165) is 32.5 Å². The highest BCUT2D eigenvalue weighted by Gasteiger charge is 1.96. The van der Waals surface area contributed by atoms with Crippen LogP contribution in [0.4, 0.5) is 0 Å². The third-order valence-corrected chi connectivity index (χ3v) is 1.58. The minimum atomic E-state index is -0.116. The van der Waals surface area contributed by atoms with Gasteiger partial charge in [0.15, 0.2) is 0 Å². The fourth-order valence-corrected chi connectivity index (χ4v) is 0.841. The van der Waals surface area contributed by atoms with Gasteiger partial charge in [0.05, 0.1) is 6.61 Å². The zero-order chi connectivity index (χ0) is 9.94. The van der Waals surface area contributed by atoms with Gasteiger partial charge in [0, 0.05) is 19.6 Å². The highest BCUT2D eigenvalue weighted by Crippen LogP contribution is 1.93. The Hall–Kier alpha value is -0.570. The Morgan fingerprint density at radius 3 is 2.38 bits per heavy atom. The highest BCUT2D eigenvalue weighted by atomic mass is 16.5. The lowest BCUT2D eigenvalue weighted by Gasteiger charge is -2.03. The smallest absolute Gasteiger partial charge is 0.305 e. The molecule has 0 atom stereocenters. The van der Waals surface area contributed by atoms with Crippen LogP contribution in [0.25, 0.3) is 0 Å². The van der Waals surface area contributed by atoms with Gasteiger partial charge in [-0.15, -0.1) is 0 Å². The molecule has 78 valence electrons. The van der Waals surface area contributed by atoms with Crippen LogP contribution in [0.5, 0.6) is 0 Å². The molecule has 3 heteroatoms. The molecule has 0 radical (unpaired) electrons. The SMILES string of the molecule is CCCOCCCCOC(=O)CC. The van der Waals surface area contributed by atoms with E-state index in [-0.39, 0.29) is 5.97 Å². The molecular weight excluding hydrogens is 168 g/mol. The Morgan fingerprint density at radius 1 is 1.08 bits per heavy atom. The summed E-state index contributed by atoms with van der Waals surface area (Å²) in [5.74, 6) is -0.116. The summed E-state index contributed by atoms with van der Waals surface area (Å²) in [6, 6.07) is 0. The minimum Gasteiger partial charge on any atom is -0.466 e. The first-order valence-electron chi connectivity index (χ1n) is 5.04. The van der Waals surface area contributed by atoms with Crippen LogP contribution in [0.1, 0.15) is 39.5 Å². The lowest BCUT2D eigenvalue weighted by molar-refractivity contribution is -0.143. The number of unbranched alkanes of at least 4 members (excludes halogenated alkanes) is 1. The van der Waals surface area contributed by atoms with Crippen molar-refractivity contribution < 1.29 is 14.3 Å². The van der Waals surface area contributed by atoms with Gasteiger partial charge in [0.2, 0.25) is 0 Å². The van der Waals surface area contributed by atoms with Crippen LogP contribution >= 0.6 is 0 Å². The molecule has 0 aliphatic heterocycles. The van der Waals surface area contributed by atoms with Gasteiger partial charge in [-0.3, -0.25) is 4.79 Å². The van der Waals surface area contributed by atoms with Crippen molar-refractivity contribution in [1.82, 2.24) is 0 Å². The molecule has 13 heavy (non-hydrogen) atoms. The van der Waals surface area contributed by atoms with E-state index in [1.54, 1.807) is 6.92 Å². The molecule has 0 heterocycles. The van der Waals surface area contributed by atoms with E-state index in [9.17, 15) is 4.79 Å². The molecule has 0 amide bonds. The molecule has 0 N–H and O–H groups in total. The third-order valence-electron chi connectivity index (χ3n) is 1.58. The van der Waals surface area contributed by atoms with Gasteiger partial charge in [0.25, 0.3) is 0 Å². The van der Waals surface area contributed by atoms with Gasteiger partial charge in [-0.25, -0.2) is 0 Å². The van der Waals surface area contributed by atoms with Crippen LogP contribution < -0.4 is 0 Å². The van der Waals surface area contributed by atoms with Crippen molar-refractivity contribution >= 4 is 5.97 Å². The Labute approximate surface area is 80.4 Å². The van der Waals surface area contributed by atoms with Crippen molar-refractivity contribution in [3.8, 4) is 0 Å². The van der Waals surface area contributed by atoms with E-state index in [0.29, 0.717) is 13.0 Å². The predicted molar refractivity (Wildman–Crippen MR) is 51.6 cm³/mol. The van der Waals surface area contributed by atoms with Crippen LogP contribution in [-0.2, 0) is 14.3 Å². The maximum absolute atomic E-state index is 10.7. The molecule has 0 aliphatic carbocycles. The summed E-state index contributed by atoms with van der Waals surface area (Å²) in [7, 11) is 0.